The number of benzene rings is 2. The maximum atomic E-state index is 12.5. The standard InChI is InChI=1S/C21H25N3O4/c1-27-12-13-28-15-20(25)22-18-6-8-19(9-7-18)23-21(26)24-11-10-16-4-2-3-5-17(16)14-24/h2-9H,10-15H2,1H3,(H,22,25)(H,23,26). The van der Waals surface area contributed by atoms with Crippen LogP contribution in [0.2, 0.25) is 0 Å². The van der Waals surface area contributed by atoms with Gasteiger partial charge in [-0.25, -0.2) is 4.79 Å². The maximum Gasteiger partial charge on any atom is 0.322 e. The lowest BCUT2D eigenvalue weighted by atomic mass is 10.0. The first-order chi connectivity index (χ1) is 13.7. The van der Waals surface area contributed by atoms with Gasteiger partial charge in [-0.05, 0) is 41.8 Å². The number of ether oxygens (including phenoxy) is 2. The Bertz CT molecular complexity index is 808. The predicted octanol–water partition coefficient (Wildman–Crippen LogP) is 2.88. The molecule has 0 unspecified atom stereocenters. The van der Waals surface area contributed by atoms with Crippen molar-refractivity contribution in [2.75, 3.05) is 44.1 Å². The molecule has 0 aromatic heterocycles. The second-order valence-corrected chi connectivity index (χ2v) is 6.54. The lowest BCUT2D eigenvalue weighted by molar-refractivity contribution is -0.121. The minimum atomic E-state index is -0.236. The van der Waals surface area contributed by atoms with Gasteiger partial charge in [-0.2, -0.15) is 0 Å². The number of nitrogens with zero attached hydrogens (tertiary/aromatic N) is 1. The molecule has 0 fully saturated rings. The van der Waals surface area contributed by atoms with Crippen LogP contribution in [0.25, 0.3) is 0 Å². The maximum absolute atomic E-state index is 12.5. The van der Waals surface area contributed by atoms with Gasteiger partial charge in [0.05, 0.1) is 13.2 Å². The van der Waals surface area contributed by atoms with Gasteiger partial charge in [0, 0.05) is 31.6 Å². The number of hydrogen-bond acceptors (Lipinski definition) is 4. The fourth-order valence-corrected chi connectivity index (χ4v) is 3.01. The van der Waals surface area contributed by atoms with Crippen LogP contribution in [0, 0.1) is 0 Å². The van der Waals surface area contributed by atoms with E-state index in [2.05, 4.69) is 22.8 Å². The molecule has 3 rings (SSSR count). The largest absolute Gasteiger partial charge is 0.382 e. The molecule has 1 aliphatic rings. The second kappa shape index (κ2) is 9.87. The number of nitrogens with one attached hydrogen (secondary N) is 2. The highest BCUT2D eigenvalue weighted by atomic mass is 16.5. The molecule has 2 N–H and O–H groups in total. The van der Waals surface area contributed by atoms with Crippen molar-refractivity contribution in [1.29, 1.82) is 0 Å². The van der Waals surface area contributed by atoms with Crippen LogP contribution in [-0.2, 0) is 27.2 Å². The monoisotopic (exact) mass is 383 g/mol. The summed E-state index contributed by atoms with van der Waals surface area (Å²) in [6, 6.07) is 15.1. The highest BCUT2D eigenvalue weighted by Crippen LogP contribution is 2.20. The van der Waals surface area contributed by atoms with Crippen molar-refractivity contribution in [2.24, 2.45) is 0 Å². The summed E-state index contributed by atoms with van der Waals surface area (Å²) in [5.74, 6) is -0.236. The van der Waals surface area contributed by atoms with Crippen LogP contribution in [-0.4, -0.2) is 50.3 Å². The number of urea groups is 1. The van der Waals surface area contributed by atoms with E-state index in [1.54, 1.807) is 36.3 Å². The van der Waals surface area contributed by atoms with E-state index < -0.39 is 0 Å². The number of carbonyl (C=O) groups excluding carboxylic acids is 2. The Kier molecular flexibility index (Phi) is 7.00. The van der Waals surface area contributed by atoms with E-state index in [-0.39, 0.29) is 18.5 Å². The van der Waals surface area contributed by atoms with E-state index in [1.807, 2.05) is 12.1 Å². The van der Waals surface area contributed by atoms with Crippen molar-refractivity contribution >= 4 is 23.3 Å². The van der Waals surface area contributed by atoms with Crippen molar-refractivity contribution in [3.8, 4) is 0 Å². The molecule has 0 atom stereocenters. The van der Waals surface area contributed by atoms with Crippen LogP contribution in [0.15, 0.2) is 48.5 Å². The molecule has 1 heterocycles. The molecule has 148 valence electrons. The Labute approximate surface area is 164 Å². The zero-order valence-electron chi connectivity index (χ0n) is 15.9. The lowest BCUT2D eigenvalue weighted by Crippen LogP contribution is -2.38. The third kappa shape index (κ3) is 5.55. The Morgan fingerprint density at radius 3 is 2.36 bits per heavy atom. The zero-order chi connectivity index (χ0) is 19.8. The summed E-state index contributed by atoms with van der Waals surface area (Å²) < 4.78 is 10.0. The smallest absolute Gasteiger partial charge is 0.322 e. The summed E-state index contributed by atoms with van der Waals surface area (Å²) in [5, 5.41) is 5.65. The number of fused-ring (bicyclic) bond motifs is 1. The van der Waals surface area contributed by atoms with E-state index in [9.17, 15) is 9.59 Å². The number of hydrogen-bond donors (Lipinski definition) is 2. The van der Waals surface area contributed by atoms with Crippen LogP contribution < -0.4 is 10.6 Å². The predicted molar refractivity (Wildman–Crippen MR) is 107 cm³/mol. The quantitative estimate of drug-likeness (QED) is 0.721. The molecule has 0 radical (unpaired) electrons. The molecule has 3 amide bonds. The summed E-state index contributed by atoms with van der Waals surface area (Å²) in [6.45, 7) is 2.09. The third-order valence-corrected chi connectivity index (χ3v) is 4.50. The van der Waals surface area contributed by atoms with Crippen LogP contribution in [0.4, 0.5) is 16.2 Å². The first-order valence-electron chi connectivity index (χ1n) is 9.25. The minimum absolute atomic E-state index is 0.0295. The van der Waals surface area contributed by atoms with E-state index in [4.69, 9.17) is 9.47 Å². The molecule has 28 heavy (non-hydrogen) atoms. The average Bonchev–Trinajstić information content (AvgIpc) is 2.72. The summed E-state index contributed by atoms with van der Waals surface area (Å²) >= 11 is 0. The normalized spacial score (nSPS) is 13.0. The zero-order valence-corrected chi connectivity index (χ0v) is 15.9. The van der Waals surface area contributed by atoms with Crippen molar-refractivity contribution in [3.05, 3.63) is 59.7 Å². The molecule has 2 aromatic rings. The van der Waals surface area contributed by atoms with Crippen LogP contribution in [0.5, 0.6) is 0 Å². The molecule has 0 bridgehead atoms. The summed E-state index contributed by atoms with van der Waals surface area (Å²) in [4.78, 5) is 26.1. The molecular weight excluding hydrogens is 358 g/mol. The van der Waals surface area contributed by atoms with Gasteiger partial charge >= 0.3 is 6.03 Å². The van der Waals surface area contributed by atoms with Crippen LogP contribution >= 0.6 is 0 Å². The number of methoxy groups -OCH3 is 1. The Morgan fingerprint density at radius 1 is 0.964 bits per heavy atom. The lowest BCUT2D eigenvalue weighted by Gasteiger charge is -2.29. The average molecular weight is 383 g/mol. The van der Waals surface area contributed by atoms with Gasteiger partial charge in [-0.1, -0.05) is 24.3 Å². The Morgan fingerprint density at radius 2 is 1.64 bits per heavy atom. The molecule has 2 aromatic carbocycles. The Hall–Kier alpha value is -2.90. The molecular formula is C21H25N3O4. The fourth-order valence-electron chi connectivity index (χ4n) is 3.01. The van der Waals surface area contributed by atoms with E-state index >= 15 is 0 Å². The van der Waals surface area contributed by atoms with Crippen molar-refractivity contribution < 1.29 is 19.1 Å². The number of anilines is 2. The summed E-state index contributed by atoms with van der Waals surface area (Å²) in [7, 11) is 1.58. The van der Waals surface area contributed by atoms with Crippen LogP contribution in [0.1, 0.15) is 11.1 Å². The number of carbonyl (C=O) groups is 2. The fraction of sp³-hybridized carbons (Fsp3) is 0.333. The van der Waals surface area contributed by atoms with E-state index in [0.717, 1.165) is 6.42 Å². The molecule has 0 saturated carbocycles. The number of amides is 3. The van der Waals surface area contributed by atoms with E-state index in [0.29, 0.717) is 37.7 Å². The summed E-state index contributed by atoms with van der Waals surface area (Å²) in [5.41, 5.74) is 3.82. The molecule has 0 saturated heterocycles. The van der Waals surface area contributed by atoms with Gasteiger partial charge in [0.15, 0.2) is 0 Å². The van der Waals surface area contributed by atoms with Crippen molar-refractivity contribution in [1.82, 2.24) is 4.90 Å². The highest BCUT2D eigenvalue weighted by Gasteiger charge is 2.20. The van der Waals surface area contributed by atoms with Gasteiger partial charge in [0.1, 0.15) is 6.61 Å². The van der Waals surface area contributed by atoms with Gasteiger partial charge in [-0.15, -0.1) is 0 Å². The van der Waals surface area contributed by atoms with Gasteiger partial charge in [0.25, 0.3) is 0 Å². The first-order valence-corrected chi connectivity index (χ1v) is 9.25. The van der Waals surface area contributed by atoms with Crippen molar-refractivity contribution in [2.45, 2.75) is 13.0 Å². The molecule has 7 nitrogen and oxygen atoms in total. The van der Waals surface area contributed by atoms with Gasteiger partial charge < -0.3 is 25.0 Å². The molecule has 7 heteroatoms. The van der Waals surface area contributed by atoms with E-state index in [1.165, 1.54) is 11.1 Å². The molecule has 1 aliphatic heterocycles. The first kappa shape index (κ1) is 19.9. The second-order valence-electron chi connectivity index (χ2n) is 6.54. The third-order valence-electron chi connectivity index (χ3n) is 4.50. The highest BCUT2D eigenvalue weighted by molar-refractivity contribution is 5.93. The van der Waals surface area contributed by atoms with Gasteiger partial charge in [0.2, 0.25) is 5.91 Å². The van der Waals surface area contributed by atoms with Gasteiger partial charge in [-0.3, -0.25) is 4.79 Å². The van der Waals surface area contributed by atoms with Crippen molar-refractivity contribution in [3.63, 3.8) is 0 Å². The molecule has 0 aliphatic carbocycles. The number of rotatable bonds is 7. The summed E-state index contributed by atoms with van der Waals surface area (Å²) in [6.07, 6.45) is 0.862. The molecule has 0 spiro atoms. The SMILES string of the molecule is COCCOCC(=O)Nc1ccc(NC(=O)N2CCc3ccccc3C2)cc1. The van der Waals surface area contributed by atoms with Crippen LogP contribution in [0.3, 0.4) is 0 Å². The minimum Gasteiger partial charge on any atom is -0.382 e. The Balaban J connectivity index is 1.48. The topological polar surface area (TPSA) is 79.9 Å².